The number of benzene rings is 2. The van der Waals surface area contributed by atoms with Gasteiger partial charge in [-0.1, -0.05) is 0 Å². The van der Waals surface area contributed by atoms with Gasteiger partial charge in [0.05, 0.1) is 4.90 Å². The highest BCUT2D eigenvalue weighted by Crippen LogP contribution is 2.27. The number of rotatable bonds is 4. The Kier molecular flexibility index (Phi) is 4.03. The molecule has 0 radical (unpaired) electrons. The van der Waals surface area contributed by atoms with Gasteiger partial charge in [0.1, 0.15) is 17.1 Å². The number of aromatic hydroxyl groups is 1. The fourth-order valence-corrected chi connectivity index (χ4v) is 2.88. The van der Waals surface area contributed by atoms with Gasteiger partial charge in [-0.3, -0.25) is 4.57 Å². The maximum absolute atomic E-state index is 11.3. The average Bonchev–Trinajstić information content (AvgIpc) is 3.04. The molecule has 0 atom stereocenters. The summed E-state index contributed by atoms with van der Waals surface area (Å²) in [5, 5.41) is 23.8. The number of nitrogens with zero attached hydrogens (tertiary/aromatic N) is 2. The van der Waals surface area contributed by atoms with Gasteiger partial charge >= 0.3 is 5.97 Å². The quantitative estimate of drug-likeness (QED) is 0.647. The van der Waals surface area contributed by atoms with Crippen molar-refractivity contribution in [3.8, 4) is 22.8 Å². The molecule has 3 aromatic rings. The van der Waals surface area contributed by atoms with Crippen LogP contribution >= 0.6 is 0 Å². The van der Waals surface area contributed by atoms with Gasteiger partial charge in [0, 0.05) is 23.6 Å². The van der Waals surface area contributed by atoms with Crippen molar-refractivity contribution >= 4 is 16.0 Å². The first-order chi connectivity index (χ1) is 11.8. The smallest absolute Gasteiger partial charge is 0.339 e. The van der Waals surface area contributed by atoms with Gasteiger partial charge in [0.2, 0.25) is 10.0 Å². The molecule has 0 aliphatic carbocycles. The molecule has 0 amide bonds. The van der Waals surface area contributed by atoms with Gasteiger partial charge in [0.25, 0.3) is 0 Å². The fraction of sp³-hybridized carbons (Fsp3) is 0. The van der Waals surface area contributed by atoms with Crippen molar-refractivity contribution in [2.75, 3.05) is 0 Å². The molecule has 0 saturated carbocycles. The summed E-state index contributed by atoms with van der Waals surface area (Å²) in [6, 6.07) is 9.99. The van der Waals surface area contributed by atoms with Crippen LogP contribution in [0.2, 0.25) is 0 Å². The van der Waals surface area contributed by atoms with Crippen molar-refractivity contribution in [1.82, 2.24) is 9.55 Å². The van der Waals surface area contributed by atoms with Gasteiger partial charge in [-0.05, 0) is 42.5 Å². The van der Waals surface area contributed by atoms with Crippen LogP contribution in [0.4, 0.5) is 0 Å². The van der Waals surface area contributed by atoms with E-state index in [9.17, 15) is 18.3 Å². The molecule has 0 fully saturated rings. The monoisotopic (exact) mass is 359 g/mol. The van der Waals surface area contributed by atoms with Crippen LogP contribution in [0.1, 0.15) is 10.4 Å². The lowest BCUT2D eigenvalue weighted by Gasteiger charge is -2.10. The number of nitrogens with two attached hydrogens (primary N) is 1. The van der Waals surface area contributed by atoms with E-state index in [1.54, 1.807) is 29.0 Å². The molecule has 1 aromatic heterocycles. The normalized spacial score (nSPS) is 11.4. The summed E-state index contributed by atoms with van der Waals surface area (Å²) in [7, 11) is -3.79. The molecule has 4 N–H and O–H groups in total. The van der Waals surface area contributed by atoms with E-state index in [1.807, 2.05) is 0 Å². The summed E-state index contributed by atoms with van der Waals surface area (Å²) in [5.74, 6) is -1.16. The summed E-state index contributed by atoms with van der Waals surface area (Å²) in [5.41, 5.74) is 0.859. The second kappa shape index (κ2) is 6.04. The number of carboxylic acids is 1. The van der Waals surface area contributed by atoms with Crippen LogP contribution in [0.15, 0.2) is 59.8 Å². The maximum Gasteiger partial charge on any atom is 0.339 e. The van der Waals surface area contributed by atoms with Crippen molar-refractivity contribution in [2.45, 2.75) is 4.90 Å². The lowest BCUT2D eigenvalue weighted by atomic mass is 10.1. The lowest BCUT2D eigenvalue weighted by Crippen LogP contribution is -2.12. The third kappa shape index (κ3) is 3.23. The van der Waals surface area contributed by atoms with Gasteiger partial charge in [-0.15, -0.1) is 0 Å². The van der Waals surface area contributed by atoms with E-state index in [1.165, 1.54) is 30.5 Å². The van der Waals surface area contributed by atoms with E-state index in [0.29, 0.717) is 17.1 Å². The summed E-state index contributed by atoms with van der Waals surface area (Å²) >= 11 is 0. The number of aromatic carboxylic acids is 1. The molecule has 1 heterocycles. The highest BCUT2D eigenvalue weighted by molar-refractivity contribution is 7.89. The van der Waals surface area contributed by atoms with Gasteiger partial charge in [0.15, 0.2) is 0 Å². The summed E-state index contributed by atoms with van der Waals surface area (Å²) < 4.78 is 24.3. The minimum Gasteiger partial charge on any atom is -0.507 e. The molecule has 3 rings (SSSR count). The Labute approximate surface area is 142 Å². The Bertz CT molecular complexity index is 1060. The molecule has 0 aliphatic rings. The van der Waals surface area contributed by atoms with E-state index in [-0.39, 0.29) is 16.2 Å². The molecule has 0 aliphatic heterocycles. The molecular formula is C16H13N3O5S. The molecule has 0 unspecified atom stereocenters. The van der Waals surface area contributed by atoms with E-state index >= 15 is 0 Å². The summed E-state index contributed by atoms with van der Waals surface area (Å²) in [6.45, 7) is 0. The Morgan fingerprint density at radius 1 is 1.12 bits per heavy atom. The highest BCUT2D eigenvalue weighted by Gasteiger charge is 2.15. The van der Waals surface area contributed by atoms with Crippen LogP contribution in [0, 0.1) is 0 Å². The van der Waals surface area contributed by atoms with E-state index in [0.717, 1.165) is 0 Å². The van der Waals surface area contributed by atoms with Crippen molar-refractivity contribution in [2.24, 2.45) is 5.14 Å². The summed E-state index contributed by atoms with van der Waals surface area (Å²) in [6.07, 6.45) is 3.17. The highest BCUT2D eigenvalue weighted by atomic mass is 32.2. The fourth-order valence-electron chi connectivity index (χ4n) is 2.37. The second-order valence-electron chi connectivity index (χ2n) is 5.20. The number of hydrogen-bond donors (Lipinski definition) is 3. The van der Waals surface area contributed by atoms with E-state index in [2.05, 4.69) is 4.98 Å². The van der Waals surface area contributed by atoms with Crippen LogP contribution in [0.5, 0.6) is 5.75 Å². The first kappa shape index (κ1) is 16.7. The molecule has 0 bridgehead atoms. The van der Waals surface area contributed by atoms with Crippen molar-refractivity contribution in [3.63, 3.8) is 0 Å². The van der Waals surface area contributed by atoms with Crippen LogP contribution in [0.25, 0.3) is 17.1 Å². The predicted octanol–water partition coefficient (Wildman–Crippen LogP) is 1.59. The SMILES string of the molecule is NS(=O)(=O)c1ccc(-n2ccnc2-c2ccc(O)c(C(=O)O)c2)cc1. The number of aromatic nitrogens is 2. The zero-order chi connectivity index (χ0) is 18.2. The second-order valence-corrected chi connectivity index (χ2v) is 6.76. The lowest BCUT2D eigenvalue weighted by molar-refractivity contribution is 0.0693. The molecular weight excluding hydrogens is 346 g/mol. The molecule has 0 spiro atoms. The number of sulfonamides is 1. The number of imidazole rings is 1. The predicted molar refractivity (Wildman–Crippen MR) is 89.0 cm³/mol. The number of hydrogen-bond acceptors (Lipinski definition) is 5. The number of carbonyl (C=O) groups is 1. The first-order valence-corrected chi connectivity index (χ1v) is 8.55. The topological polar surface area (TPSA) is 136 Å². The van der Waals surface area contributed by atoms with Gasteiger partial charge < -0.3 is 10.2 Å². The molecule has 0 saturated heterocycles. The van der Waals surface area contributed by atoms with Crippen molar-refractivity contribution < 1.29 is 23.4 Å². The Morgan fingerprint density at radius 3 is 2.40 bits per heavy atom. The molecule has 128 valence electrons. The van der Waals surface area contributed by atoms with E-state index in [4.69, 9.17) is 10.2 Å². The molecule has 8 nitrogen and oxygen atoms in total. The molecule has 25 heavy (non-hydrogen) atoms. The zero-order valence-electron chi connectivity index (χ0n) is 12.7. The van der Waals surface area contributed by atoms with Crippen LogP contribution < -0.4 is 5.14 Å². The number of carboxylic acid groups (broad SMARTS) is 1. The third-order valence-corrected chi connectivity index (χ3v) is 4.50. The third-order valence-electron chi connectivity index (χ3n) is 3.57. The standard InChI is InChI=1S/C16H13N3O5S/c17-25(23,24)12-4-2-11(3-5-12)19-8-7-18-15(19)10-1-6-14(20)13(9-10)16(21)22/h1-9,20H,(H,21,22)(H2,17,23,24). The minimum absolute atomic E-state index is 0.0179. The molecule has 2 aromatic carbocycles. The Morgan fingerprint density at radius 2 is 1.80 bits per heavy atom. The maximum atomic E-state index is 11.3. The zero-order valence-corrected chi connectivity index (χ0v) is 13.5. The first-order valence-electron chi connectivity index (χ1n) is 7.00. The van der Waals surface area contributed by atoms with Gasteiger partial charge in [-0.25, -0.2) is 23.3 Å². The van der Waals surface area contributed by atoms with Crippen LogP contribution in [-0.2, 0) is 10.0 Å². The average molecular weight is 359 g/mol. The van der Waals surface area contributed by atoms with Crippen LogP contribution in [0.3, 0.4) is 0 Å². The minimum atomic E-state index is -3.79. The van der Waals surface area contributed by atoms with Crippen molar-refractivity contribution in [3.05, 3.63) is 60.4 Å². The molecule has 9 heteroatoms. The number of primary sulfonamides is 1. The Balaban J connectivity index is 2.07. The largest absolute Gasteiger partial charge is 0.507 e. The Hall–Kier alpha value is -3.17. The van der Waals surface area contributed by atoms with Gasteiger partial charge in [-0.2, -0.15) is 0 Å². The van der Waals surface area contributed by atoms with Crippen LogP contribution in [-0.4, -0.2) is 34.2 Å². The number of phenols is 1. The van der Waals surface area contributed by atoms with E-state index < -0.39 is 16.0 Å². The summed E-state index contributed by atoms with van der Waals surface area (Å²) in [4.78, 5) is 15.4. The van der Waals surface area contributed by atoms with Crippen molar-refractivity contribution in [1.29, 1.82) is 0 Å².